The van der Waals surface area contributed by atoms with Crippen LogP contribution in [0.5, 0.6) is 0 Å². The minimum Gasteiger partial charge on any atom is -0.299 e. The Morgan fingerprint density at radius 2 is 1.75 bits per heavy atom. The van der Waals surface area contributed by atoms with E-state index in [0.29, 0.717) is 11.1 Å². The van der Waals surface area contributed by atoms with Gasteiger partial charge in [0.2, 0.25) is 0 Å². The highest BCUT2D eigenvalue weighted by Gasteiger charge is 2.44. The summed E-state index contributed by atoms with van der Waals surface area (Å²) < 4.78 is 0. The molecule has 0 fully saturated rings. The molecule has 0 saturated carbocycles. The molecule has 0 N–H and O–H groups in total. The van der Waals surface area contributed by atoms with E-state index in [4.69, 9.17) is 0 Å². The van der Waals surface area contributed by atoms with Crippen molar-refractivity contribution in [2.45, 2.75) is 57.3 Å². The van der Waals surface area contributed by atoms with Crippen molar-refractivity contribution in [3.63, 3.8) is 0 Å². The van der Waals surface area contributed by atoms with E-state index >= 15 is 0 Å². The molecule has 0 bridgehead atoms. The molecule has 0 aliphatic rings. The molecule has 1 aromatic rings. The second-order valence-electron chi connectivity index (χ2n) is 7.15. The fraction of sp³-hybridized carbons (Fsp3) is 0.588. The molecule has 3 heteroatoms. The van der Waals surface area contributed by atoms with Gasteiger partial charge in [-0.2, -0.15) is 0 Å². The van der Waals surface area contributed by atoms with Crippen molar-refractivity contribution in [3.05, 3.63) is 35.9 Å². The van der Waals surface area contributed by atoms with Gasteiger partial charge in [-0.25, -0.2) is 0 Å². The maximum atomic E-state index is 12.4. The van der Waals surface area contributed by atoms with Gasteiger partial charge < -0.3 is 0 Å². The summed E-state index contributed by atoms with van der Waals surface area (Å²) in [5.74, 6) is 0.382. The first-order valence-corrected chi connectivity index (χ1v) is 11.5. The summed E-state index contributed by atoms with van der Waals surface area (Å²) >= 11 is 3.37. The minimum absolute atomic E-state index is 0.224. The first-order valence-electron chi connectivity index (χ1n) is 7.32. The number of Topliss-reactive ketones (excluding diaryl/α,β-unsaturated/α-hetero) is 1. The SMILES string of the molecule is CC(C)(C)[Si](C)(C)[C@@H](CCc1ccccc1)C(=O)CBr. The zero-order valence-electron chi connectivity index (χ0n) is 13.4. The standard InChI is InChI=1S/C17H27BrOSi/c1-17(2,3)20(4,5)16(15(19)13-18)12-11-14-9-7-6-8-10-14/h6-10,16H,11-13H2,1-5H3/t16-/m0/s1. The summed E-state index contributed by atoms with van der Waals surface area (Å²) in [4.78, 5) is 12.4. The van der Waals surface area contributed by atoms with Crippen LogP contribution in [0.15, 0.2) is 30.3 Å². The quantitative estimate of drug-likeness (QED) is 0.489. The molecule has 0 amide bonds. The summed E-state index contributed by atoms with van der Waals surface area (Å²) in [6, 6.07) is 10.5. The van der Waals surface area contributed by atoms with Crippen LogP contribution in [0.25, 0.3) is 0 Å². The number of alkyl halides is 1. The van der Waals surface area contributed by atoms with Gasteiger partial charge in [0.25, 0.3) is 0 Å². The lowest BCUT2D eigenvalue weighted by Crippen LogP contribution is -2.45. The first kappa shape index (κ1) is 17.6. The zero-order valence-corrected chi connectivity index (χ0v) is 16.0. The van der Waals surface area contributed by atoms with Crippen molar-refractivity contribution in [2.24, 2.45) is 0 Å². The molecular formula is C17H27BrOSi. The van der Waals surface area contributed by atoms with Crippen molar-refractivity contribution in [1.29, 1.82) is 0 Å². The van der Waals surface area contributed by atoms with Gasteiger partial charge in [-0.05, 0) is 23.4 Å². The second-order valence-corrected chi connectivity index (χ2v) is 13.3. The summed E-state index contributed by atoms with van der Waals surface area (Å²) in [7, 11) is -1.65. The van der Waals surface area contributed by atoms with Crippen molar-refractivity contribution < 1.29 is 4.79 Å². The van der Waals surface area contributed by atoms with Crippen LogP contribution in [0.1, 0.15) is 32.8 Å². The Morgan fingerprint density at radius 1 is 1.20 bits per heavy atom. The van der Waals surface area contributed by atoms with Crippen LogP contribution < -0.4 is 0 Å². The first-order chi connectivity index (χ1) is 9.20. The molecule has 0 aromatic heterocycles. The molecule has 0 aliphatic carbocycles. The van der Waals surface area contributed by atoms with Crippen LogP contribution in [0.2, 0.25) is 23.7 Å². The van der Waals surface area contributed by atoms with Gasteiger partial charge in [0.15, 0.2) is 0 Å². The molecule has 0 spiro atoms. The normalized spacial score (nSPS) is 14.1. The third-order valence-corrected chi connectivity index (χ3v) is 11.7. The third-order valence-electron chi connectivity index (χ3n) is 4.89. The molecule has 0 heterocycles. The Balaban J connectivity index is 2.89. The monoisotopic (exact) mass is 354 g/mol. The third kappa shape index (κ3) is 4.29. The van der Waals surface area contributed by atoms with Gasteiger partial charge in [0.05, 0.1) is 13.4 Å². The van der Waals surface area contributed by atoms with Crippen LogP contribution >= 0.6 is 15.9 Å². The summed E-state index contributed by atoms with van der Waals surface area (Å²) in [5.41, 5.74) is 1.56. The largest absolute Gasteiger partial charge is 0.299 e. The molecule has 0 aliphatic heterocycles. The molecule has 1 rings (SSSR count). The molecule has 1 nitrogen and oxygen atoms in total. The fourth-order valence-electron chi connectivity index (χ4n) is 2.50. The highest BCUT2D eigenvalue weighted by atomic mass is 79.9. The number of hydrogen-bond acceptors (Lipinski definition) is 1. The van der Waals surface area contributed by atoms with Gasteiger partial charge in [-0.15, -0.1) is 0 Å². The lowest BCUT2D eigenvalue weighted by atomic mass is 10.1. The van der Waals surface area contributed by atoms with Gasteiger partial charge >= 0.3 is 0 Å². The van der Waals surface area contributed by atoms with Crippen molar-refractivity contribution >= 4 is 29.8 Å². The van der Waals surface area contributed by atoms with E-state index in [1.807, 2.05) is 6.07 Å². The number of hydrogen-bond donors (Lipinski definition) is 0. The number of carbonyl (C=O) groups is 1. The van der Waals surface area contributed by atoms with Gasteiger partial charge in [0, 0.05) is 5.54 Å². The average Bonchev–Trinajstić information content (AvgIpc) is 2.38. The zero-order chi connectivity index (χ0) is 15.4. The number of benzene rings is 1. The Bertz CT molecular complexity index is 434. The fourth-order valence-corrected chi connectivity index (χ4v) is 6.00. The van der Waals surface area contributed by atoms with E-state index in [1.165, 1.54) is 5.56 Å². The Labute approximate surface area is 133 Å². The van der Waals surface area contributed by atoms with Crippen LogP contribution in [0, 0.1) is 0 Å². The van der Waals surface area contributed by atoms with E-state index in [-0.39, 0.29) is 10.6 Å². The number of aryl methyl sites for hydroxylation is 1. The van der Waals surface area contributed by atoms with Gasteiger partial charge in [-0.1, -0.05) is 80.1 Å². The molecule has 1 atom stereocenters. The van der Waals surface area contributed by atoms with E-state index in [0.717, 1.165) is 12.8 Å². The predicted molar refractivity (Wildman–Crippen MR) is 94.5 cm³/mol. The lowest BCUT2D eigenvalue weighted by Gasteiger charge is -2.42. The molecular weight excluding hydrogens is 328 g/mol. The molecule has 1 aromatic carbocycles. The number of rotatable bonds is 6. The van der Waals surface area contributed by atoms with Crippen molar-refractivity contribution in [3.8, 4) is 0 Å². The topological polar surface area (TPSA) is 17.1 Å². The Morgan fingerprint density at radius 3 is 2.20 bits per heavy atom. The molecule has 20 heavy (non-hydrogen) atoms. The molecule has 112 valence electrons. The van der Waals surface area contributed by atoms with Crippen LogP contribution in [0.3, 0.4) is 0 Å². The minimum atomic E-state index is -1.65. The summed E-state index contributed by atoms with van der Waals surface area (Å²) in [5, 5.41) is 0.727. The second kappa shape index (κ2) is 7.03. The van der Waals surface area contributed by atoms with Crippen molar-refractivity contribution in [2.75, 3.05) is 5.33 Å². The van der Waals surface area contributed by atoms with E-state index in [2.05, 4.69) is 74.1 Å². The Kier molecular flexibility index (Phi) is 6.20. The average molecular weight is 355 g/mol. The molecule has 0 radical (unpaired) electrons. The van der Waals surface area contributed by atoms with Gasteiger partial charge in [-0.3, -0.25) is 4.79 Å². The summed E-state index contributed by atoms with van der Waals surface area (Å²) in [6.07, 6.45) is 1.97. The van der Waals surface area contributed by atoms with E-state index < -0.39 is 8.07 Å². The summed E-state index contributed by atoms with van der Waals surface area (Å²) in [6.45, 7) is 11.6. The number of halogens is 1. The maximum absolute atomic E-state index is 12.4. The van der Waals surface area contributed by atoms with Gasteiger partial charge in [0.1, 0.15) is 5.78 Å². The molecule has 0 saturated heterocycles. The van der Waals surface area contributed by atoms with Crippen LogP contribution in [-0.4, -0.2) is 19.2 Å². The van der Waals surface area contributed by atoms with E-state index in [1.54, 1.807) is 0 Å². The highest BCUT2D eigenvalue weighted by molar-refractivity contribution is 9.09. The maximum Gasteiger partial charge on any atom is 0.143 e. The molecule has 0 unspecified atom stereocenters. The van der Waals surface area contributed by atoms with E-state index in [9.17, 15) is 4.79 Å². The number of ketones is 1. The number of carbonyl (C=O) groups excluding carboxylic acids is 1. The Hall–Kier alpha value is -0.413. The van der Waals surface area contributed by atoms with Crippen LogP contribution in [-0.2, 0) is 11.2 Å². The predicted octanol–water partition coefficient (Wildman–Crippen LogP) is 5.46. The van der Waals surface area contributed by atoms with Crippen molar-refractivity contribution in [1.82, 2.24) is 0 Å². The van der Waals surface area contributed by atoms with Crippen LogP contribution in [0.4, 0.5) is 0 Å². The highest BCUT2D eigenvalue weighted by Crippen LogP contribution is 2.45. The smallest absolute Gasteiger partial charge is 0.143 e. The lowest BCUT2D eigenvalue weighted by molar-refractivity contribution is -0.116.